The largest absolute Gasteiger partial charge is 0.508 e. The molecule has 3 saturated heterocycles. The van der Waals surface area contributed by atoms with Gasteiger partial charge < -0.3 is 40.0 Å². The van der Waals surface area contributed by atoms with E-state index >= 15 is 14.4 Å². The number of aromatic hydroxyl groups is 1. The van der Waals surface area contributed by atoms with E-state index in [2.05, 4.69) is 27.4 Å². The molecule has 4 aliphatic rings. The number of aliphatic hydroxyl groups is 1. The van der Waals surface area contributed by atoms with E-state index in [4.69, 9.17) is 14.2 Å². The molecule has 4 heterocycles. The number of anilines is 3. The average Bonchev–Trinajstić information content (AvgIpc) is 3.83. The van der Waals surface area contributed by atoms with E-state index in [1.807, 2.05) is 77.7 Å². The number of hydrogen-bond acceptors (Lipinski definition) is 12. The summed E-state index contributed by atoms with van der Waals surface area (Å²) < 4.78 is 17.2. The van der Waals surface area contributed by atoms with Crippen LogP contribution in [-0.4, -0.2) is 97.0 Å². The molecule has 0 aliphatic carbocycles. The van der Waals surface area contributed by atoms with Crippen molar-refractivity contribution in [2.24, 2.45) is 11.8 Å². The van der Waals surface area contributed by atoms with Crippen molar-refractivity contribution in [3.63, 3.8) is 0 Å². The average molecular weight is 932 g/mol. The highest BCUT2D eigenvalue weighted by molar-refractivity contribution is 6.25. The number of nitrogens with zero attached hydrogens (tertiary/aromatic N) is 3. The first kappa shape index (κ1) is 46.6. The molecular weight excluding hydrogens is 879 g/mol. The second-order valence-electron chi connectivity index (χ2n) is 17.8. The first-order valence-corrected chi connectivity index (χ1v) is 23.0. The number of esters is 2. The van der Waals surface area contributed by atoms with E-state index in [-0.39, 0.29) is 30.0 Å². The summed E-state index contributed by atoms with van der Waals surface area (Å²) in [6.45, 7) is 5.78. The van der Waals surface area contributed by atoms with E-state index in [9.17, 15) is 19.8 Å². The Kier molecular flexibility index (Phi) is 13.2. The molecule has 15 heteroatoms. The number of fused-ring (bicyclic) bond motifs is 3. The third-order valence-electron chi connectivity index (χ3n) is 13.5. The third-order valence-corrected chi connectivity index (χ3v) is 13.5. The van der Waals surface area contributed by atoms with Crippen LogP contribution in [0.4, 0.5) is 21.9 Å². The standard InChI is InChI=1S/C54H53N5O10/c1-33(2)44(50(63)67-3)56-53(66)58-42-26-17-34(12-10-11-29-60)32-41(42)54(52(58)65)43(49(62)55-38-20-22-39(23-21-38)57-27-30-68-31-28-57)46-51(64)69-47(36-15-8-5-9-16-36)45(35-13-6-4-7-14-35)59(46)48(54)37-18-24-40(61)25-19-37/h4-9,13-26,32-33,43-48,60-61H,11,27-31H2,1-3H3,(H,55,62)(H,56,66). The molecule has 0 bridgehead atoms. The number of methoxy groups -OCH3 is 1. The van der Waals surface area contributed by atoms with E-state index < -0.39 is 77.3 Å². The summed E-state index contributed by atoms with van der Waals surface area (Å²) in [4.78, 5) is 81.0. The van der Waals surface area contributed by atoms with Gasteiger partial charge in [0, 0.05) is 36.4 Å². The number of aliphatic hydroxyl groups excluding tert-OH is 1. The maximum Gasteiger partial charge on any atom is 0.329 e. The maximum absolute atomic E-state index is 16.5. The number of rotatable bonds is 10. The lowest BCUT2D eigenvalue weighted by Crippen LogP contribution is -2.57. The minimum Gasteiger partial charge on any atom is -0.508 e. The SMILES string of the molecule is COC(=O)C(NC(=O)N1C(=O)C2(c3cc(C#CCCO)ccc31)C(C(=O)Nc1ccc(N3CCOCC3)cc1)C1C(=O)OC(c3ccccc3)C(c3ccccc3)N1C2c1ccc(O)cc1)C(C)C. The highest BCUT2D eigenvalue weighted by Gasteiger charge is 2.75. The number of morpholine rings is 2. The molecule has 0 aromatic heterocycles. The molecule has 7 unspecified atom stereocenters. The van der Waals surface area contributed by atoms with Crippen LogP contribution in [-0.2, 0) is 38.8 Å². The first-order valence-electron chi connectivity index (χ1n) is 23.0. The zero-order valence-electron chi connectivity index (χ0n) is 38.4. The Balaban J connectivity index is 1.31. The van der Waals surface area contributed by atoms with Crippen LogP contribution in [0.3, 0.4) is 0 Å². The van der Waals surface area contributed by atoms with Crippen LogP contribution in [0.15, 0.2) is 127 Å². The zero-order valence-corrected chi connectivity index (χ0v) is 38.4. The molecule has 354 valence electrons. The number of carbonyl (C=O) groups excluding carboxylic acids is 5. The molecular formula is C54H53N5O10. The summed E-state index contributed by atoms with van der Waals surface area (Å²) in [6.07, 6.45) is -0.812. The molecule has 0 saturated carbocycles. The Hall–Kier alpha value is -7.51. The van der Waals surface area contributed by atoms with Gasteiger partial charge in [0.2, 0.25) is 11.8 Å². The third kappa shape index (κ3) is 8.45. The molecule has 4 aliphatic heterocycles. The minimum atomic E-state index is -2.13. The predicted molar refractivity (Wildman–Crippen MR) is 256 cm³/mol. The van der Waals surface area contributed by atoms with Gasteiger partial charge in [0.05, 0.1) is 50.6 Å². The number of ether oxygens (including phenoxy) is 3. The number of benzene rings is 5. The van der Waals surface area contributed by atoms with Crippen LogP contribution in [0.5, 0.6) is 5.75 Å². The summed E-state index contributed by atoms with van der Waals surface area (Å²) in [7, 11) is 1.20. The molecule has 1 spiro atoms. The van der Waals surface area contributed by atoms with Gasteiger partial charge in [-0.05, 0) is 82.8 Å². The molecule has 0 radical (unpaired) electrons. The number of phenolic OH excluding ortho intramolecular Hbond substituents is 1. The van der Waals surface area contributed by atoms with Crippen LogP contribution in [0.25, 0.3) is 0 Å². The number of urea groups is 1. The number of amides is 4. The number of hydrogen-bond donors (Lipinski definition) is 4. The van der Waals surface area contributed by atoms with Crippen LogP contribution >= 0.6 is 0 Å². The van der Waals surface area contributed by atoms with Crippen LogP contribution in [0.1, 0.15) is 66.3 Å². The van der Waals surface area contributed by atoms with Crippen LogP contribution in [0.2, 0.25) is 0 Å². The number of imide groups is 1. The van der Waals surface area contributed by atoms with Crippen molar-refractivity contribution in [3.05, 3.63) is 155 Å². The topological polar surface area (TPSA) is 187 Å². The lowest BCUT2D eigenvalue weighted by atomic mass is 9.65. The van der Waals surface area contributed by atoms with Crippen LogP contribution < -0.4 is 20.4 Å². The summed E-state index contributed by atoms with van der Waals surface area (Å²) >= 11 is 0. The van der Waals surface area contributed by atoms with Gasteiger partial charge >= 0.3 is 18.0 Å². The lowest BCUT2D eigenvalue weighted by Gasteiger charge is -2.46. The predicted octanol–water partition coefficient (Wildman–Crippen LogP) is 6.17. The molecule has 7 atom stereocenters. The van der Waals surface area contributed by atoms with Gasteiger partial charge in [0.25, 0.3) is 0 Å². The monoisotopic (exact) mass is 931 g/mol. The van der Waals surface area contributed by atoms with Gasteiger partial charge in [0.15, 0.2) is 0 Å². The van der Waals surface area contributed by atoms with Crippen molar-refractivity contribution >= 4 is 46.8 Å². The second kappa shape index (κ2) is 19.6. The number of carbonyl (C=O) groups is 5. The molecule has 5 aromatic rings. The minimum absolute atomic E-state index is 0.0693. The van der Waals surface area contributed by atoms with E-state index in [1.54, 1.807) is 56.3 Å². The fourth-order valence-corrected chi connectivity index (χ4v) is 10.5. The van der Waals surface area contributed by atoms with Gasteiger partial charge in [0.1, 0.15) is 29.4 Å². The van der Waals surface area contributed by atoms with Crippen molar-refractivity contribution in [2.45, 2.75) is 56.0 Å². The summed E-state index contributed by atoms with van der Waals surface area (Å²) in [5.41, 5.74) is 1.71. The Morgan fingerprint density at radius 2 is 1.51 bits per heavy atom. The van der Waals surface area contributed by atoms with Gasteiger partial charge in [-0.2, -0.15) is 0 Å². The lowest BCUT2D eigenvalue weighted by molar-refractivity contribution is -0.177. The Morgan fingerprint density at radius 3 is 2.14 bits per heavy atom. The van der Waals surface area contributed by atoms with Crippen molar-refractivity contribution in [2.75, 3.05) is 55.1 Å². The Morgan fingerprint density at radius 1 is 0.841 bits per heavy atom. The van der Waals surface area contributed by atoms with Crippen molar-refractivity contribution in [1.82, 2.24) is 10.2 Å². The van der Waals surface area contributed by atoms with Crippen LogP contribution in [0, 0.1) is 23.7 Å². The molecule has 4 amide bonds. The summed E-state index contributed by atoms with van der Waals surface area (Å²) in [5, 5.41) is 26.2. The smallest absolute Gasteiger partial charge is 0.329 e. The Bertz CT molecular complexity index is 2790. The van der Waals surface area contributed by atoms with E-state index in [0.29, 0.717) is 54.2 Å². The van der Waals surface area contributed by atoms with Crippen molar-refractivity contribution in [1.29, 1.82) is 0 Å². The summed E-state index contributed by atoms with van der Waals surface area (Å²) in [5.74, 6) is 0.800. The van der Waals surface area contributed by atoms with E-state index in [0.717, 1.165) is 10.6 Å². The van der Waals surface area contributed by atoms with Gasteiger partial charge in [-0.15, -0.1) is 0 Å². The molecule has 9 rings (SSSR count). The highest BCUT2D eigenvalue weighted by atomic mass is 16.6. The number of phenols is 1. The first-order chi connectivity index (χ1) is 33.5. The molecule has 4 N–H and O–H groups in total. The quantitative estimate of drug-likeness (QED) is 0.0923. The maximum atomic E-state index is 16.5. The van der Waals surface area contributed by atoms with Gasteiger partial charge in [-0.1, -0.05) is 98.5 Å². The number of nitrogens with one attached hydrogen (secondary N) is 2. The molecule has 5 aromatic carbocycles. The fraction of sp³-hybridized carbons (Fsp3) is 0.315. The number of cyclic esters (lactones) is 1. The molecule has 69 heavy (non-hydrogen) atoms. The second-order valence-corrected chi connectivity index (χ2v) is 17.8. The molecule has 15 nitrogen and oxygen atoms in total. The van der Waals surface area contributed by atoms with Gasteiger partial charge in [-0.25, -0.2) is 14.5 Å². The summed E-state index contributed by atoms with van der Waals surface area (Å²) in [6, 6.07) is 31.3. The fourth-order valence-electron chi connectivity index (χ4n) is 10.5. The van der Waals surface area contributed by atoms with Crippen molar-refractivity contribution < 1.29 is 48.4 Å². The normalized spacial score (nSPS) is 23.3. The van der Waals surface area contributed by atoms with Crippen molar-refractivity contribution in [3.8, 4) is 17.6 Å². The zero-order chi connectivity index (χ0) is 48.4. The Labute approximate surface area is 400 Å². The highest BCUT2D eigenvalue weighted by Crippen LogP contribution is 2.66. The molecule has 3 fully saturated rings. The van der Waals surface area contributed by atoms with Gasteiger partial charge in [-0.3, -0.25) is 19.3 Å². The van der Waals surface area contributed by atoms with E-state index in [1.165, 1.54) is 19.2 Å².